The lowest BCUT2D eigenvalue weighted by Crippen LogP contribution is -2.55. The number of piperidine rings is 3. The molecule has 5 heteroatoms. The summed E-state index contributed by atoms with van der Waals surface area (Å²) in [6, 6.07) is 20.8. The number of hydrogen-bond acceptors (Lipinski definition) is 5. The lowest BCUT2D eigenvalue weighted by atomic mass is 9.73. The summed E-state index contributed by atoms with van der Waals surface area (Å²) in [6.07, 6.45) is 5.42. The SMILES string of the molecule is C=CC1CN2CCC1CC2[C@H](OC(=O)c1cccc2ccccc12)c1ccnc2ccc(O)cc12. The monoisotopic (exact) mass is 464 g/mol. The van der Waals surface area contributed by atoms with Gasteiger partial charge in [-0.15, -0.1) is 6.58 Å². The van der Waals surface area contributed by atoms with Gasteiger partial charge in [0.25, 0.3) is 0 Å². The van der Waals surface area contributed by atoms with Crippen LogP contribution in [0.1, 0.15) is 34.9 Å². The van der Waals surface area contributed by atoms with E-state index < -0.39 is 6.10 Å². The van der Waals surface area contributed by atoms with Crippen LogP contribution in [0.3, 0.4) is 0 Å². The quantitative estimate of drug-likeness (QED) is 0.295. The Labute approximate surface area is 204 Å². The van der Waals surface area contributed by atoms with Gasteiger partial charge < -0.3 is 9.84 Å². The molecular formula is C30H28N2O3. The molecule has 5 atom stereocenters. The van der Waals surface area contributed by atoms with Crippen LogP contribution in [0.15, 0.2) is 85.6 Å². The number of fused-ring (bicyclic) bond motifs is 5. The zero-order valence-corrected chi connectivity index (χ0v) is 19.5. The maximum absolute atomic E-state index is 13.7. The third kappa shape index (κ3) is 3.86. The summed E-state index contributed by atoms with van der Waals surface area (Å²) in [5, 5.41) is 12.9. The number of ether oxygens (including phenoxy) is 1. The molecule has 4 heterocycles. The fraction of sp³-hybridized carbons (Fsp3) is 0.267. The average molecular weight is 465 g/mol. The minimum atomic E-state index is -0.484. The highest BCUT2D eigenvalue weighted by Crippen LogP contribution is 2.44. The van der Waals surface area contributed by atoms with Crippen molar-refractivity contribution in [3.05, 3.63) is 96.7 Å². The molecule has 4 unspecified atom stereocenters. The van der Waals surface area contributed by atoms with Gasteiger partial charge in [0.1, 0.15) is 11.9 Å². The predicted octanol–water partition coefficient (Wildman–Crippen LogP) is 5.89. The summed E-state index contributed by atoms with van der Waals surface area (Å²) in [6.45, 7) is 5.96. The van der Waals surface area contributed by atoms with Crippen LogP contribution in [0.4, 0.5) is 0 Å². The second-order valence-electron chi connectivity index (χ2n) is 9.70. The van der Waals surface area contributed by atoms with Gasteiger partial charge in [-0.3, -0.25) is 9.88 Å². The molecule has 7 rings (SSSR count). The summed E-state index contributed by atoms with van der Waals surface area (Å²) >= 11 is 0. The van der Waals surface area contributed by atoms with Crippen molar-refractivity contribution in [3.8, 4) is 5.75 Å². The van der Waals surface area contributed by atoms with Gasteiger partial charge in [-0.1, -0.05) is 42.5 Å². The summed E-state index contributed by atoms with van der Waals surface area (Å²) in [7, 11) is 0. The van der Waals surface area contributed by atoms with Crippen LogP contribution in [-0.2, 0) is 4.74 Å². The molecule has 0 amide bonds. The van der Waals surface area contributed by atoms with E-state index >= 15 is 0 Å². The molecule has 0 aliphatic carbocycles. The Morgan fingerprint density at radius 3 is 2.80 bits per heavy atom. The lowest BCUT2D eigenvalue weighted by Gasteiger charge is -2.51. The molecular weight excluding hydrogens is 436 g/mol. The van der Waals surface area contributed by atoms with Gasteiger partial charge >= 0.3 is 5.97 Å². The summed E-state index contributed by atoms with van der Waals surface area (Å²) in [4.78, 5) is 20.6. The molecule has 2 bridgehead atoms. The molecule has 0 spiro atoms. The normalized spacial score (nSPS) is 24.3. The molecule has 0 saturated carbocycles. The fourth-order valence-electron chi connectivity index (χ4n) is 6.03. The van der Waals surface area contributed by atoms with E-state index in [1.165, 1.54) is 0 Å². The first-order valence-corrected chi connectivity index (χ1v) is 12.3. The Morgan fingerprint density at radius 2 is 1.97 bits per heavy atom. The number of carbonyl (C=O) groups excluding carboxylic acids is 1. The van der Waals surface area contributed by atoms with Crippen molar-refractivity contribution in [2.24, 2.45) is 11.8 Å². The van der Waals surface area contributed by atoms with Gasteiger partial charge in [0.05, 0.1) is 17.1 Å². The highest BCUT2D eigenvalue weighted by atomic mass is 16.5. The summed E-state index contributed by atoms with van der Waals surface area (Å²) < 4.78 is 6.42. The Hall–Kier alpha value is -3.70. The van der Waals surface area contributed by atoms with Crippen LogP contribution >= 0.6 is 0 Å². The first-order chi connectivity index (χ1) is 17.1. The fourth-order valence-corrected chi connectivity index (χ4v) is 6.03. The first-order valence-electron chi connectivity index (χ1n) is 12.3. The minimum absolute atomic E-state index is 0.0526. The van der Waals surface area contributed by atoms with Crippen LogP contribution in [0.2, 0.25) is 0 Å². The average Bonchev–Trinajstić information content (AvgIpc) is 2.91. The molecule has 176 valence electrons. The maximum Gasteiger partial charge on any atom is 0.339 e. The highest BCUT2D eigenvalue weighted by Gasteiger charge is 2.44. The van der Waals surface area contributed by atoms with Crippen LogP contribution in [0, 0.1) is 11.8 Å². The number of nitrogens with zero attached hydrogens (tertiary/aromatic N) is 2. The Morgan fingerprint density at radius 1 is 1.11 bits per heavy atom. The molecule has 1 N–H and O–H groups in total. The smallest absolute Gasteiger partial charge is 0.339 e. The zero-order valence-electron chi connectivity index (χ0n) is 19.5. The van der Waals surface area contributed by atoms with Gasteiger partial charge in [0, 0.05) is 23.7 Å². The Balaban J connectivity index is 1.44. The number of hydrogen-bond donors (Lipinski definition) is 1. The third-order valence-electron chi connectivity index (χ3n) is 7.81. The number of aromatic nitrogens is 1. The van der Waals surface area contributed by atoms with Crippen LogP contribution < -0.4 is 0 Å². The van der Waals surface area contributed by atoms with Crippen LogP contribution in [0.25, 0.3) is 21.7 Å². The summed E-state index contributed by atoms with van der Waals surface area (Å²) in [5.74, 6) is 0.832. The molecule has 3 aliphatic rings. The van der Waals surface area contributed by atoms with E-state index in [2.05, 4.69) is 22.5 Å². The number of phenols is 1. The van der Waals surface area contributed by atoms with Crippen molar-refractivity contribution >= 4 is 27.6 Å². The van der Waals surface area contributed by atoms with Crippen molar-refractivity contribution in [1.82, 2.24) is 9.88 Å². The third-order valence-corrected chi connectivity index (χ3v) is 7.81. The topological polar surface area (TPSA) is 62.7 Å². The number of esters is 1. The molecule has 35 heavy (non-hydrogen) atoms. The van der Waals surface area contributed by atoms with Crippen molar-refractivity contribution in [3.63, 3.8) is 0 Å². The van der Waals surface area contributed by atoms with Gasteiger partial charge in [-0.05, 0) is 72.3 Å². The van der Waals surface area contributed by atoms with E-state index in [9.17, 15) is 9.90 Å². The Bertz CT molecular complexity index is 1430. The molecule has 4 aromatic rings. The summed E-state index contributed by atoms with van der Waals surface area (Å²) in [5.41, 5.74) is 2.22. The van der Waals surface area contributed by atoms with E-state index in [0.717, 1.165) is 53.2 Å². The molecule has 3 saturated heterocycles. The highest BCUT2D eigenvalue weighted by molar-refractivity contribution is 6.04. The number of pyridine rings is 1. The van der Waals surface area contributed by atoms with Crippen molar-refractivity contribution in [2.45, 2.75) is 25.0 Å². The maximum atomic E-state index is 13.7. The first kappa shape index (κ1) is 21.8. The molecule has 3 fully saturated rings. The largest absolute Gasteiger partial charge is 0.508 e. The van der Waals surface area contributed by atoms with Crippen molar-refractivity contribution < 1.29 is 14.6 Å². The molecule has 3 aliphatic heterocycles. The van der Waals surface area contributed by atoms with Gasteiger partial charge in [-0.25, -0.2) is 4.79 Å². The van der Waals surface area contributed by atoms with E-state index in [-0.39, 0.29) is 17.8 Å². The van der Waals surface area contributed by atoms with Gasteiger partial charge in [-0.2, -0.15) is 0 Å². The molecule has 0 radical (unpaired) electrons. The lowest BCUT2D eigenvalue weighted by molar-refractivity contribution is -0.0567. The molecule has 5 nitrogen and oxygen atoms in total. The van der Waals surface area contributed by atoms with Gasteiger partial charge in [0.2, 0.25) is 0 Å². The second-order valence-corrected chi connectivity index (χ2v) is 9.70. The predicted molar refractivity (Wildman–Crippen MR) is 137 cm³/mol. The number of benzene rings is 3. The molecule has 3 aromatic carbocycles. The van der Waals surface area contributed by atoms with E-state index in [0.29, 0.717) is 17.4 Å². The van der Waals surface area contributed by atoms with Crippen LogP contribution in [-0.4, -0.2) is 40.1 Å². The number of carbonyl (C=O) groups is 1. The molecule has 1 aromatic heterocycles. The van der Waals surface area contributed by atoms with Crippen LogP contribution in [0.5, 0.6) is 5.75 Å². The number of phenolic OH excluding ortho intramolecular Hbond substituents is 1. The van der Waals surface area contributed by atoms with E-state index in [1.807, 2.05) is 48.5 Å². The standard InChI is InChI=1S/C30H28N2O3/c1-2-19-18-32-15-13-21(19)16-28(32)29(24-12-14-31-27-11-10-22(33)17-26(24)27)35-30(34)25-9-5-7-20-6-3-4-8-23(20)25/h2-12,14,17,19,21,28-29,33H,1,13,15-16,18H2/t19?,21?,28?,29-/m1/s1. The number of aromatic hydroxyl groups is 1. The minimum Gasteiger partial charge on any atom is -0.508 e. The number of rotatable bonds is 5. The van der Waals surface area contributed by atoms with E-state index in [1.54, 1.807) is 24.4 Å². The van der Waals surface area contributed by atoms with Crippen molar-refractivity contribution in [1.29, 1.82) is 0 Å². The van der Waals surface area contributed by atoms with Crippen molar-refractivity contribution in [2.75, 3.05) is 13.1 Å². The zero-order chi connectivity index (χ0) is 23.9. The van der Waals surface area contributed by atoms with E-state index in [4.69, 9.17) is 4.74 Å². The second kappa shape index (κ2) is 8.82. The van der Waals surface area contributed by atoms with Gasteiger partial charge in [0.15, 0.2) is 0 Å². The Kier molecular flexibility index (Phi) is 5.50.